The van der Waals surface area contributed by atoms with Gasteiger partial charge in [-0.2, -0.15) is 4.31 Å². The fourth-order valence-electron chi connectivity index (χ4n) is 1.75. The number of sulfone groups is 1. The van der Waals surface area contributed by atoms with Crippen molar-refractivity contribution in [3.63, 3.8) is 0 Å². The Morgan fingerprint density at radius 3 is 2.40 bits per heavy atom. The van der Waals surface area contributed by atoms with Crippen molar-refractivity contribution < 1.29 is 16.8 Å². The van der Waals surface area contributed by atoms with Crippen LogP contribution in [0, 0.1) is 0 Å². The second-order valence-electron chi connectivity index (χ2n) is 3.48. The fraction of sp³-hybridized carbons (Fsp3) is 1.00. The molecule has 1 rings (SSSR count). The van der Waals surface area contributed by atoms with Crippen LogP contribution < -0.4 is 0 Å². The predicted octanol–water partition coefficient (Wildman–Crippen LogP) is 0.0215. The number of rotatable bonds is 4. The molecule has 0 aromatic rings. The molecule has 1 unspecified atom stereocenters. The van der Waals surface area contributed by atoms with Crippen LogP contribution in [-0.2, 0) is 19.9 Å². The Bertz CT molecular complexity index is 416. The van der Waals surface area contributed by atoms with Crippen molar-refractivity contribution in [2.24, 2.45) is 0 Å². The van der Waals surface area contributed by atoms with Gasteiger partial charge in [-0.3, -0.25) is 0 Å². The first-order chi connectivity index (χ1) is 6.82. The minimum Gasteiger partial charge on any atom is -0.229 e. The second-order valence-corrected chi connectivity index (χ2v) is 8.22. The third-order valence-electron chi connectivity index (χ3n) is 2.42. The van der Waals surface area contributed by atoms with E-state index in [9.17, 15) is 16.8 Å². The number of nitrogens with zero attached hydrogens (tertiary/aromatic N) is 1. The Labute approximate surface area is 95.4 Å². The lowest BCUT2D eigenvalue weighted by Gasteiger charge is -2.24. The fourth-order valence-corrected chi connectivity index (χ4v) is 5.10. The van der Waals surface area contributed by atoms with Crippen LogP contribution in [0.3, 0.4) is 0 Å². The minimum atomic E-state index is -3.51. The van der Waals surface area contributed by atoms with E-state index < -0.39 is 31.1 Å². The molecular weight excluding hydrogens is 262 g/mol. The van der Waals surface area contributed by atoms with Crippen LogP contribution in [0.1, 0.15) is 13.3 Å². The Morgan fingerprint density at radius 1 is 1.47 bits per heavy atom. The van der Waals surface area contributed by atoms with E-state index in [-0.39, 0.29) is 18.1 Å². The normalized spacial score (nSPS) is 25.9. The summed E-state index contributed by atoms with van der Waals surface area (Å²) in [5, 5.41) is -0.503. The van der Waals surface area contributed by atoms with Gasteiger partial charge in [-0.15, -0.1) is 11.6 Å². The molecule has 0 aromatic carbocycles. The molecule has 1 aliphatic rings. The molecule has 0 radical (unpaired) electrons. The third kappa shape index (κ3) is 3.05. The molecule has 0 amide bonds. The monoisotopic (exact) mass is 275 g/mol. The van der Waals surface area contributed by atoms with Crippen molar-refractivity contribution in [2.45, 2.75) is 19.4 Å². The van der Waals surface area contributed by atoms with Gasteiger partial charge in [-0.25, -0.2) is 16.8 Å². The standard InChI is InChI=1S/C7H14ClNO4S2/c1-2-9(15(12,13)6-8)7-3-4-14(10,11)5-7/h7H,2-6H2,1H3. The molecule has 1 fully saturated rings. The summed E-state index contributed by atoms with van der Waals surface area (Å²) < 4.78 is 46.7. The number of sulfonamides is 1. The summed E-state index contributed by atoms with van der Waals surface area (Å²) in [6, 6.07) is -0.441. The van der Waals surface area contributed by atoms with Gasteiger partial charge in [0.2, 0.25) is 10.0 Å². The maximum absolute atomic E-state index is 11.5. The van der Waals surface area contributed by atoms with E-state index in [2.05, 4.69) is 0 Å². The Morgan fingerprint density at radius 2 is 2.07 bits per heavy atom. The summed E-state index contributed by atoms with van der Waals surface area (Å²) in [5.41, 5.74) is 0. The lowest BCUT2D eigenvalue weighted by Crippen LogP contribution is -2.41. The minimum absolute atomic E-state index is 0.0615. The Kier molecular flexibility index (Phi) is 4.02. The van der Waals surface area contributed by atoms with Crippen molar-refractivity contribution in [2.75, 3.05) is 23.3 Å². The molecule has 1 saturated heterocycles. The molecule has 0 aliphatic carbocycles. The lowest BCUT2D eigenvalue weighted by molar-refractivity contribution is 0.356. The van der Waals surface area contributed by atoms with Gasteiger partial charge in [0.05, 0.1) is 11.5 Å². The van der Waals surface area contributed by atoms with Crippen LogP contribution in [-0.4, -0.2) is 50.4 Å². The van der Waals surface area contributed by atoms with Crippen molar-refractivity contribution in [3.05, 3.63) is 0 Å². The SMILES string of the molecule is CCN(C1CCS(=O)(=O)C1)S(=O)(=O)CCl. The lowest BCUT2D eigenvalue weighted by atomic mass is 10.3. The quantitative estimate of drug-likeness (QED) is 0.678. The van der Waals surface area contributed by atoms with Crippen LogP contribution in [0.2, 0.25) is 0 Å². The number of hydrogen-bond acceptors (Lipinski definition) is 4. The van der Waals surface area contributed by atoms with Gasteiger partial charge < -0.3 is 0 Å². The predicted molar refractivity (Wildman–Crippen MR) is 59.1 cm³/mol. The molecule has 1 heterocycles. The number of halogens is 1. The Balaban J connectivity index is 2.87. The second kappa shape index (κ2) is 4.57. The van der Waals surface area contributed by atoms with Crippen molar-refractivity contribution in [1.82, 2.24) is 4.31 Å². The van der Waals surface area contributed by atoms with Gasteiger partial charge in [-0.05, 0) is 6.42 Å². The zero-order valence-electron chi connectivity index (χ0n) is 8.39. The van der Waals surface area contributed by atoms with E-state index in [1.54, 1.807) is 6.92 Å². The van der Waals surface area contributed by atoms with E-state index in [1.165, 1.54) is 4.31 Å². The molecule has 15 heavy (non-hydrogen) atoms. The van der Waals surface area contributed by atoms with Gasteiger partial charge in [0, 0.05) is 12.6 Å². The zero-order valence-corrected chi connectivity index (χ0v) is 10.8. The highest BCUT2D eigenvalue weighted by Crippen LogP contribution is 2.20. The first-order valence-corrected chi connectivity index (χ1v) is 8.55. The number of hydrogen-bond donors (Lipinski definition) is 0. The first kappa shape index (κ1) is 13.2. The van der Waals surface area contributed by atoms with Crippen molar-refractivity contribution >= 4 is 31.5 Å². The molecule has 8 heteroatoms. The molecule has 1 atom stereocenters. The summed E-state index contributed by atoms with van der Waals surface area (Å²) in [5.74, 6) is -0.0249. The van der Waals surface area contributed by atoms with Gasteiger partial charge >= 0.3 is 0 Å². The van der Waals surface area contributed by atoms with E-state index in [0.29, 0.717) is 6.42 Å². The molecule has 0 aromatic heterocycles. The zero-order chi connectivity index (χ0) is 11.7. The van der Waals surface area contributed by atoms with Gasteiger partial charge in [0.25, 0.3) is 0 Å². The first-order valence-electron chi connectivity index (χ1n) is 4.58. The molecule has 0 spiro atoms. The largest absolute Gasteiger partial charge is 0.229 e. The van der Waals surface area contributed by atoms with Crippen LogP contribution in [0.4, 0.5) is 0 Å². The van der Waals surface area contributed by atoms with Gasteiger partial charge in [0.15, 0.2) is 9.84 Å². The topological polar surface area (TPSA) is 71.5 Å². The molecule has 1 aliphatic heterocycles. The van der Waals surface area contributed by atoms with Crippen LogP contribution in [0.5, 0.6) is 0 Å². The maximum Gasteiger partial charge on any atom is 0.228 e. The average Bonchev–Trinajstić information content (AvgIpc) is 2.47. The van der Waals surface area contributed by atoms with Crippen molar-refractivity contribution in [3.8, 4) is 0 Å². The van der Waals surface area contributed by atoms with Gasteiger partial charge in [0.1, 0.15) is 5.21 Å². The van der Waals surface area contributed by atoms with E-state index in [4.69, 9.17) is 11.6 Å². The van der Waals surface area contributed by atoms with E-state index >= 15 is 0 Å². The summed E-state index contributed by atoms with van der Waals surface area (Å²) in [6.07, 6.45) is 0.367. The highest BCUT2D eigenvalue weighted by Gasteiger charge is 2.36. The molecular formula is C7H14ClNO4S2. The molecule has 0 bridgehead atoms. The van der Waals surface area contributed by atoms with Crippen LogP contribution >= 0.6 is 11.6 Å². The van der Waals surface area contributed by atoms with Gasteiger partial charge in [-0.1, -0.05) is 6.92 Å². The van der Waals surface area contributed by atoms with E-state index in [0.717, 1.165) is 0 Å². The third-order valence-corrected chi connectivity index (χ3v) is 6.55. The van der Waals surface area contributed by atoms with Crippen LogP contribution in [0.15, 0.2) is 0 Å². The maximum atomic E-state index is 11.5. The summed E-state index contributed by atoms with van der Waals surface area (Å²) in [4.78, 5) is 0. The summed E-state index contributed by atoms with van der Waals surface area (Å²) >= 11 is 5.34. The molecule has 5 nitrogen and oxygen atoms in total. The number of alkyl halides is 1. The Hall–Kier alpha value is 0.150. The molecule has 90 valence electrons. The highest BCUT2D eigenvalue weighted by atomic mass is 35.5. The van der Waals surface area contributed by atoms with Crippen LogP contribution in [0.25, 0.3) is 0 Å². The summed E-state index contributed by atoms with van der Waals surface area (Å²) in [7, 11) is -6.58. The smallest absolute Gasteiger partial charge is 0.228 e. The summed E-state index contributed by atoms with van der Waals surface area (Å²) in [6.45, 7) is 1.93. The highest BCUT2D eigenvalue weighted by molar-refractivity contribution is 7.92. The van der Waals surface area contributed by atoms with Crippen molar-refractivity contribution in [1.29, 1.82) is 0 Å². The molecule has 0 saturated carbocycles. The van der Waals surface area contributed by atoms with E-state index in [1.807, 2.05) is 0 Å². The average molecular weight is 276 g/mol. The molecule has 0 N–H and O–H groups in total.